The molecule has 0 unspecified atom stereocenters. The van der Waals surface area contributed by atoms with Gasteiger partial charge in [-0.15, -0.1) is 0 Å². The Hall–Kier alpha value is -0.640. The summed E-state index contributed by atoms with van der Waals surface area (Å²) >= 11 is 4.49. The van der Waals surface area contributed by atoms with Crippen molar-refractivity contribution in [2.24, 2.45) is 0 Å². The Morgan fingerprint density at radius 2 is 2.50 bits per heavy atom. The molecule has 6 heavy (non-hydrogen) atoms. The van der Waals surface area contributed by atoms with Gasteiger partial charge >= 0.3 is 0 Å². The predicted octanol–water partition coefficient (Wildman–Crippen LogP) is -0.412. The third-order valence-corrected chi connectivity index (χ3v) is 0.586. The van der Waals surface area contributed by atoms with Gasteiger partial charge in [-0.05, 0) is 0 Å². The minimum atomic E-state index is 1.22. The van der Waals surface area contributed by atoms with Crippen LogP contribution in [0.25, 0.3) is 0 Å². The van der Waals surface area contributed by atoms with Gasteiger partial charge in [-0.2, -0.15) is 5.10 Å². The Bertz CT molecular complexity index is 112. The number of hydrogen-bond acceptors (Lipinski definition) is 3. The third kappa shape index (κ3) is 0.463. The highest BCUT2D eigenvalue weighted by atomic mass is 32.1. The van der Waals surface area contributed by atoms with E-state index in [4.69, 9.17) is 0 Å². The molecule has 0 saturated heterocycles. The molecule has 0 fully saturated rings. The van der Waals surface area contributed by atoms with Gasteiger partial charge in [0.15, 0.2) is 0 Å². The van der Waals surface area contributed by atoms with Crippen LogP contribution in [0.1, 0.15) is 0 Å². The zero-order valence-electron chi connectivity index (χ0n) is 2.90. The Kier molecular flexibility index (Phi) is 0.719. The van der Waals surface area contributed by atoms with E-state index in [1.54, 1.807) is 0 Å². The van der Waals surface area contributed by atoms with Crippen LogP contribution in [0.15, 0.2) is 12.7 Å². The summed E-state index contributed by atoms with van der Waals surface area (Å²) in [6.45, 7) is 0. The van der Waals surface area contributed by atoms with E-state index >= 15 is 0 Å². The third-order valence-electron chi connectivity index (χ3n) is 0.398. The lowest BCUT2D eigenvalue weighted by molar-refractivity contribution is 1.02. The first-order valence-corrected chi connectivity index (χ1v) is 1.78. The van der Waals surface area contributed by atoms with E-state index in [0.29, 0.717) is 0 Å². The van der Waals surface area contributed by atoms with E-state index in [-0.39, 0.29) is 0 Å². The zero-order chi connectivity index (χ0) is 4.41. The lowest BCUT2D eigenvalue weighted by Gasteiger charge is -1.95. The molecule has 0 aliphatic rings. The number of rotatable bonds is 0. The van der Waals surface area contributed by atoms with Gasteiger partial charge in [-0.1, -0.05) is 0 Å². The van der Waals surface area contributed by atoms with Crippen molar-refractivity contribution in [2.75, 3.05) is 0 Å². The molecule has 1 aromatic rings. The maximum absolute atomic E-state index is 4.49. The van der Waals surface area contributed by atoms with Crippen LogP contribution in [0.4, 0.5) is 0 Å². The molecule has 1 heterocycles. The van der Waals surface area contributed by atoms with Gasteiger partial charge in [0.2, 0.25) is 0 Å². The van der Waals surface area contributed by atoms with Crippen molar-refractivity contribution in [3.8, 4) is 0 Å². The van der Waals surface area contributed by atoms with Gasteiger partial charge in [0.05, 0.1) is 6.33 Å². The molecule has 0 N–H and O–H groups in total. The average molecular weight is 100 g/mol. The second kappa shape index (κ2) is 1.22. The van der Waals surface area contributed by atoms with Gasteiger partial charge in [0, 0.05) is 0 Å². The minimum absolute atomic E-state index is 1.22. The van der Waals surface area contributed by atoms with E-state index in [2.05, 4.69) is 22.9 Å². The summed E-state index contributed by atoms with van der Waals surface area (Å²) in [7, 11) is 0. The number of nitrogens with zero attached hydrogens (tertiary/aromatic N) is 3. The fourth-order valence-corrected chi connectivity index (χ4v) is 0.294. The second-order valence-electron chi connectivity index (χ2n) is 0.798. The van der Waals surface area contributed by atoms with E-state index < -0.39 is 0 Å². The normalized spacial score (nSPS) is 8.67. The monoisotopic (exact) mass is 100.0 g/mol. The molecule has 3 nitrogen and oxygen atoms in total. The van der Waals surface area contributed by atoms with Crippen LogP contribution in [-0.4, -0.2) is 14.2 Å². The van der Waals surface area contributed by atoms with Crippen LogP contribution < -0.4 is 0 Å². The van der Waals surface area contributed by atoms with E-state index in [9.17, 15) is 0 Å². The summed E-state index contributed by atoms with van der Waals surface area (Å²) in [5.74, 6) is 0. The van der Waals surface area contributed by atoms with Gasteiger partial charge < -0.3 is 16.9 Å². The molecular weight excluding hydrogens is 98.1 g/mol. The Balaban J connectivity index is 3.05. The van der Waals surface area contributed by atoms with E-state index in [1.807, 2.05) is 0 Å². The molecule has 1 aromatic heterocycles. The molecule has 0 spiro atoms. The largest absolute Gasteiger partial charge is 0.664 e. The van der Waals surface area contributed by atoms with Crippen molar-refractivity contribution in [1.29, 1.82) is 0 Å². The summed E-state index contributed by atoms with van der Waals surface area (Å²) < 4.78 is 1.22. The summed E-state index contributed by atoms with van der Waals surface area (Å²) in [6.07, 6.45) is 2.85. The molecule has 0 atom stereocenters. The first-order chi connectivity index (χ1) is 2.89. The van der Waals surface area contributed by atoms with Gasteiger partial charge in [0.25, 0.3) is 0 Å². The molecule has 0 aliphatic carbocycles. The van der Waals surface area contributed by atoms with Crippen LogP contribution in [0.2, 0.25) is 0 Å². The average Bonchev–Trinajstić information content (AvgIpc) is 1.86. The van der Waals surface area contributed by atoms with Crippen molar-refractivity contribution in [3.63, 3.8) is 0 Å². The smallest absolute Gasteiger partial charge is 0.135 e. The molecule has 0 aromatic carbocycles. The first kappa shape index (κ1) is 3.55. The van der Waals surface area contributed by atoms with Crippen LogP contribution >= 0.6 is 0 Å². The highest BCUT2D eigenvalue weighted by Gasteiger charge is 1.62. The molecular formula is C2H2N3S-. The van der Waals surface area contributed by atoms with Crippen molar-refractivity contribution >= 4 is 12.8 Å². The highest BCUT2D eigenvalue weighted by molar-refractivity contribution is 7.56. The number of aromatic nitrogens is 3. The molecule has 0 amide bonds. The van der Waals surface area contributed by atoms with E-state index in [1.165, 1.54) is 16.7 Å². The highest BCUT2D eigenvalue weighted by Crippen LogP contribution is 1.66. The Morgan fingerprint density at radius 1 is 1.67 bits per heavy atom. The second-order valence-corrected chi connectivity index (χ2v) is 1.17. The van der Waals surface area contributed by atoms with Gasteiger partial charge in [-0.25, -0.2) is 4.98 Å². The quantitative estimate of drug-likeness (QED) is 0.415. The lowest BCUT2D eigenvalue weighted by Crippen LogP contribution is -1.81. The van der Waals surface area contributed by atoms with Crippen molar-refractivity contribution in [3.05, 3.63) is 12.7 Å². The van der Waals surface area contributed by atoms with E-state index in [0.717, 1.165) is 0 Å². The summed E-state index contributed by atoms with van der Waals surface area (Å²) in [4.78, 5) is 3.57. The molecule has 0 radical (unpaired) electrons. The van der Waals surface area contributed by atoms with Crippen LogP contribution in [0.5, 0.6) is 0 Å². The fraction of sp³-hybridized carbons (Fsp3) is 0. The maximum Gasteiger partial charge on any atom is 0.135 e. The molecule has 32 valence electrons. The van der Waals surface area contributed by atoms with Crippen molar-refractivity contribution in [1.82, 2.24) is 14.2 Å². The summed E-state index contributed by atoms with van der Waals surface area (Å²) in [6, 6.07) is 0. The molecule has 4 heteroatoms. The zero-order valence-corrected chi connectivity index (χ0v) is 3.72. The predicted molar refractivity (Wildman–Crippen MR) is 22.8 cm³/mol. The van der Waals surface area contributed by atoms with Gasteiger partial charge in [0.1, 0.15) is 6.33 Å². The lowest BCUT2D eigenvalue weighted by atomic mass is 11.3. The summed E-state index contributed by atoms with van der Waals surface area (Å²) in [5.41, 5.74) is 0. The molecule has 0 bridgehead atoms. The topological polar surface area (TPSA) is 30.7 Å². The standard InChI is InChI=1S/C2H2N3S/c6-5-2-3-1-4-5/h1-2H/q-1. The Morgan fingerprint density at radius 3 is 2.67 bits per heavy atom. The fourth-order valence-electron chi connectivity index (χ4n) is 0.197. The minimum Gasteiger partial charge on any atom is -0.664 e. The van der Waals surface area contributed by atoms with Crippen molar-refractivity contribution < 1.29 is 0 Å². The van der Waals surface area contributed by atoms with Gasteiger partial charge in [-0.3, -0.25) is 0 Å². The number of hydrogen-bond donors (Lipinski definition) is 0. The first-order valence-electron chi connectivity index (χ1n) is 1.42. The molecule has 1 rings (SSSR count). The molecule has 0 aliphatic heterocycles. The van der Waals surface area contributed by atoms with Crippen LogP contribution in [0.3, 0.4) is 0 Å². The van der Waals surface area contributed by atoms with Crippen LogP contribution in [0, 0.1) is 0 Å². The molecule has 0 saturated carbocycles. The maximum atomic E-state index is 4.49. The Labute approximate surface area is 40.5 Å². The summed E-state index contributed by atoms with van der Waals surface area (Å²) in [5, 5.41) is 3.54. The SMILES string of the molecule is [S-]n1cncn1. The van der Waals surface area contributed by atoms with Crippen LogP contribution in [-0.2, 0) is 12.8 Å². The van der Waals surface area contributed by atoms with Crippen molar-refractivity contribution in [2.45, 2.75) is 0 Å².